The minimum atomic E-state index is 0.408. The third-order valence-corrected chi connectivity index (χ3v) is 5.46. The van der Waals surface area contributed by atoms with Gasteiger partial charge in [-0.25, -0.2) is 0 Å². The smallest absolute Gasteiger partial charge is 0.0854 e. The van der Waals surface area contributed by atoms with Crippen LogP contribution in [0.15, 0.2) is 6.20 Å². The number of aromatic nitrogens is 4. The Morgan fingerprint density at radius 2 is 2.21 bits per heavy atom. The first-order chi connectivity index (χ1) is 11.7. The van der Waals surface area contributed by atoms with Crippen LogP contribution in [0.5, 0.6) is 0 Å². The summed E-state index contributed by atoms with van der Waals surface area (Å²) in [6.45, 7) is 8.80. The highest BCUT2D eigenvalue weighted by molar-refractivity contribution is 5.30. The molecule has 2 aromatic heterocycles. The summed E-state index contributed by atoms with van der Waals surface area (Å²) >= 11 is 0. The molecule has 4 heterocycles. The van der Waals surface area contributed by atoms with Gasteiger partial charge in [0.15, 0.2) is 0 Å². The summed E-state index contributed by atoms with van der Waals surface area (Å²) in [5.74, 6) is 0. The maximum Gasteiger partial charge on any atom is 0.0854 e. The number of aryl methyl sites for hydroxylation is 3. The third kappa shape index (κ3) is 2.67. The Morgan fingerprint density at radius 3 is 3.00 bits per heavy atom. The van der Waals surface area contributed by atoms with E-state index in [2.05, 4.69) is 41.8 Å². The van der Waals surface area contributed by atoms with E-state index in [9.17, 15) is 0 Å². The van der Waals surface area contributed by atoms with E-state index in [4.69, 9.17) is 9.84 Å². The van der Waals surface area contributed by atoms with E-state index < -0.39 is 0 Å². The van der Waals surface area contributed by atoms with Gasteiger partial charge in [-0.3, -0.25) is 14.3 Å². The van der Waals surface area contributed by atoms with Crippen LogP contribution < -0.4 is 0 Å². The predicted octanol–water partition coefficient (Wildman–Crippen LogP) is 2.35. The molecule has 0 N–H and O–H groups in total. The first kappa shape index (κ1) is 15.8. The van der Waals surface area contributed by atoms with Crippen molar-refractivity contribution in [2.45, 2.75) is 58.8 Å². The zero-order chi connectivity index (χ0) is 16.7. The molecule has 0 spiro atoms. The number of likely N-dealkylation sites (tertiary alicyclic amines) is 1. The Kier molecular flexibility index (Phi) is 4.18. The van der Waals surface area contributed by atoms with E-state index in [0.29, 0.717) is 6.04 Å². The van der Waals surface area contributed by atoms with Crippen LogP contribution in [0.25, 0.3) is 0 Å². The number of nitrogens with zero attached hydrogens (tertiary/aromatic N) is 5. The SMILES string of the molecule is CCn1cc(CN2CCCC2c2nn(C)c3c2COCC3)c(C)n1. The second-order valence-corrected chi connectivity index (χ2v) is 6.96. The molecule has 24 heavy (non-hydrogen) atoms. The van der Waals surface area contributed by atoms with Crippen LogP contribution in [0.4, 0.5) is 0 Å². The molecule has 6 heteroatoms. The fourth-order valence-electron chi connectivity index (χ4n) is 4.13. The highest BCUT2D eigenvalue weighted by atomic mass is 16.5. The molecule has 130 valence electrons. The predicted molar refractivity (Wildman–Crippen MR) is 91.6 cm³/mol. The molecule has 1 unspecified atom stereocenters. The van der Waals surface area contributed by atoms with Crippen LogP contribution >= 0.6 is 0 Å². The normalized spacial score (nSPS) is 21.4. The molecule has 6 nitrogen and oxygen atoms in total. The van der Waals surface area contributed by atoms with E-state index >= 15 is 0 Å². The summed E-state index contributed by atoms with van der Waals surface area (Å²) in [7, 11) is 2.07. The van der Waals surface area contributed by atoms with Gasteiger partial charge in [0.2, 0.25) is 0 Å². The zero-order valence-electron chi connectivity index (χ0n) is 15.0. The van der Waals surface area contributed by atoms with Crippen molar-refractivity contribution in [3.8, 4) is 0 Å². The Labute approximate surface area is 143 Å². The monoisotopic (exact) mass is 329 g/mol. The molecule has 1 saturated heterocycles. The number of hydrogen-bond acceptors (Lipinski definition) is 4. The van der Waals surface area contributed by atoms with Gasteiger partial charge in [-0.05, 0) is 33.2 Å². The molecule has 0 radical (unpaired) electrons. The lowest BCUT2D eigenvalue weighted by Gasteiger charge is -2.24. The number of fused-ring (bicyclic) bond motifs is 1. The molecule has 0 aliphatic carbocycles. The van der Waals surface area contributed by atoms with Gasteiger partial charge in [0.05, 0.1) is 30.6 Å². The van der Waals surface area contributed by atoms with Crippen LogP contribution in [-0.2, 0) is 37.9 Å². The lowest BCUT2D eigenvalue weighted by atomic mass is 10.0. The largest absolute Gasteiger partial charge is 0.376 e. The van der Waals surface area contributed by atoms with Gasteiger partial charge in [0, 0.05) is 49.6 Å². The second kappa shape index (κ2) is 6.33. The molecule has 1 fully saturated rings. The molecular formula is C18H27N5O. The minimum Gasteiger partial charge on any atom is -0.376 e. The van der Waals surface area contributed by atoms with Crippen LogP contribution in [-0.4, -0.2) is 37.6 Å². The van der Waals surface area contributed by atoms with Gasteiger partial charge in [0.1, 0.15) is 0 Å². The first-order valence-electron chi connectivity index (χ1n) is 9.06. The molecule has 4 rings (SSSR count). The average molecular weight is 329 g/mol. The fraction of sp³-hybridized carbons (Fsp3) is 0.667. The molecular weight excluding hydrogens is 302 g/mol. The lowest BCUT2D eigenvalue weighted by Crippen LogP contribution is -2.24. The maximum absolute atomic E-state index is 5.71. The average Bonchev–Trinajstić information content (AvgIpc) is 3.27. The summed E-state index contributed by atoms with van der Waals surface area (Å²) in [6.07, 6.45) is 5.60. The van der Waals surface area contributed by atoms with Gasteiger partial charge in [0.25, 0.3) is 0 Å². The van der Waals surface area contributed by atoms with Crippen molar-refractivity contribution in [2.75, 3.05) is 13.2 Å². The van der Waals surface area contributed by atoms with Crippen molar-refractivity contribution in [1.82, 2.24) is 24.5 Å². The molecule has 0 bridgehead atoms. The van der Waals surface area contributed by atoms with Gasteiger partial charge in [-0.1, -0.05) is 0 Å². The molecule has 2 aromatic rings. The van der Waals surface area contributed by atoms with Gasteiger partial charge in [-0.15, -0.1) is 0 Å². The summed E-state index contributed by atoms with van der Waals surface area (Å²) in [5.41, 5.74) is 6.42. The van der Waals surface area contributed by atoms with E-state index in [1.54, 1.807) is 0 Å². The van der Waals surface area contributed by atoms with Crippen molar-refractivity contribution in [2.24, 2.45) is 7.05 Å². The minimum absolute atomic E-state index is 0.408. The Bertz CT molecular complexity index is 732. The lowest BCUT2D eigenvalue weighted by molar-refractivity contribution is 0.107. The molecule has 0 saturated carbocycles. The zero-order valence-corrected chi connectivity index (χ0v) is 15.0. The molecule has 0 amide bonds. The van der Waals surface area contributed by atoms with Gasteiger partial charge >= 0.3 is 0 Å². The van der Waals surface area contributed by atoms with Crippen LogP contribution in [0.3, 0.4) is 0 Å². The number of hydrogen-bond donors (Lipinski definition) is 0. The van der Waals surface area contributed by atoms with Crippen LogP contribution in [0.2, 0.25) is 0 Å². The Hall–Kier alpha value is -1.66. The maximum atomic E-state index is 5.71. The van der Waals surface area contributed by atoms with Crippen molar-refractivity contribution < 1.29 is 4.74 Å². The van der Waals surface area contributed by atoms with Crippen molar-refractivity contribution in [1.29, 1.82) is 0 Å². The summed E-state index contributed by atoms with van der Waals surface area (Å²) < 4.78 is 9.82. The highest BCUT2D eigenvalue weighted by Crippen LogP contribution is 2.36. The summed E-state index contributed by atoms with van der Waals surface area (Å²) in [4.78, 5) is 2.57. The quantitative estimate of drug-likeness (QED) is 0.864. The first-order valence-corrected chi connectivity index (χ1v) is 9.06. The van der Waals surface area contributed by atoms with Crippen molar-refractivity contribution >= 4 is 0 Å². The van der Waals surface area contributed by atoms with E-state index in [0.717, 1.165) is 45.0 Å². The fourth-order valence-corrected chi connectivity index (χ4v) is 4.13. The van der Waals surface area contributed by atoms with Crippen molar-refractivity contribution in [3.05, 3.63) is 34.4 Å². The Morgan fingerprint density at radius 1 is 1.33 bits per heavy atom. The molecule has 2 aliphatic heterocycles. The Balaban J connectivity index is 1.60. The molecule has 1 atom stereocenters. The molecule has 0 aromatic carbocycles. The summed E-state index contributed by atoms with van der Waals surface area (Å²) in [6, 6.07) is 0.408. The van der Waals surface area contributed by atoms with Gasteiger partial charge in [-0.2, -0.15) is 10.2 Å². The molecule has 2 aliphatic rings. The standard InChI is InChI=1S/C18H27N5O/c1-4-23-11-14(13(2)19-23)10-22-8-5-6-17(22)18-15-12-24-9-7-16(15)21(3)20-18/h11,17H,4-10,12H2,1-3H3. The number of ether oxygens (including phenoxy) is 1. The van der Waals surface area contributed by atoms with E-state index in [1.807, 2.05) is 4.68 Å². The summed E-state index contributed by atoms with van der Waals surface area (Å²) in [5, 5.41) is 9.48. The third-order valence-electron chi connectivity index (χ3n) is 5.46. The second-order valence-electron chi connectivity index (χ2n) is 6.96. The number of rotatable bonds is 4. The van der Waals surface area contributed by atoms with E-state index in [-0.39, 0.29) is 0 Å². The highest BCUT2D eigenvalue weighted by Gasteiger charge is 2.33. The van der Waals surface area contributed by atoms with Crippen molar-refractivity contribution in [3.63, 3.8) is 0 Å². The van der Waals surface area contributed by atoms with Crippen LogP contribution in [0.1, 0.15) is 54.0 Å². The van der Waals surface area contributed by atoms with Gasteiger partial charge < -0.3 is 4.74 Å². The van der Waals surface area contributed by atoms with E-state index in [1.165, 1.54) is 35.4 Å². The van der Waals surface area contributed by atoms with Crippen LogP contribution in [0, 0.1) is 6.92 Å². The topological polar surface area (TPSA) is 48.1 Å².